The highest BCUT2D eigenvalue weighted by atomic mass is 32.2. The van der Waals surface area contributed by atoms with Crippen molar-refractivity contribution in [2.45, 2.75) is 45.1 Å². The molecule has 3 fully saturated rings. The molecule has 0 spiro atoms. The van der Waals surface area contributed by atoms with Crippen molar-refractivity contribution >= 4 is 10.0 Å². The number of sulfonamides is 1. The fourth-order valence-electron chi connectivity index (χ4n) is 3.59. The van der Waals surface area contributed by atoms with Gasteiger partial charge in [-0.25, -0.2) is 12.7 Å². The summed E-state index contributed by atoms with van der Waals surface area (Å²) in [6, 6.07) is 0. The first kappa shape index (κ1) is 15.7. The third-order valence-electron chi connectivity index (χ3n) is 5.15. The first-order valence-electron chi connectivity index (χ1n) is 8.23. The Bertz CT molecular complexity index is 462. The van der Waals surface area contributed by atoms with Crippen molar-refractivity contribution in [1.29, 1.82) is 0 Å². The van der Waals surface area contributed by atoms with Gasteiger partial charge >= 0.3 is 0 Å². The van der Waals surface area contributed by atoms with Crippen molar-refractivity contribution in [2.75, 3.05) is 38.7 Å². The molecule has 2 aliphatic heterocycles. The number of fused-ring (bicyclic) bond motifs is 1. The summed E-state index contributed by atoms with van der Waals surface area (Å²) >= 11 is 0. The fraction of sp³-hybridized carbons (Fsp3) is 1.00. The van der Waals surface area contributed by atoms with Crippen molar-refractivity contribution in [3.63, 3.8) is 0 Å². The number of ether oxygens (including phenoxy) is 2. The van der Waals surface area contributed by atoms with Gasteiger partial charge in [0.1, 0.15) is 0 Å². The molecule has 1 aliphatic carbocycles. The van der Waals surface area contributed by atoms with E-state index in [1.54, 1.807) is 11.2 Å². The summed E-state index contributed by atoms with van der Waals surface area (Å²) in [5, 5.41) is 0. The minimum absolute atomic E-state index is 0.131. The lowest BCUT2D eigenvalue weighted by Crippen LogP contribution is -2.58. The van der Waals surface area contributed by atoms with Crippen molar-refractivity contribution in [3.8, 4) is 0 Å². The molecule has 6 heteroatoms. The second-order valence-corrected chi connectivity index (χ2v) is 9.06. The van der Waals surface area contributed by atoms with Gasteiger partial charge in [-0.1, -0.05) is 0 Å². The molecule has 0 bridgehead atoms. The number of piperidine rings is 1. The Balaban J connectivity index is 1.69. The van der Waals surface area contributed by atoms with Crippen LogP contribution in [0.15, 0.2) is 0 Å². The van der Waals surface area contributed by atoms with Crippen molar-refractivity contribution in [3.05, 3.63) is 0 Å². The van der Waals surface area contributed by atoms with E-state index in [2.05, 4.69) is 0 Å². The minimum atomic E-state index is -3.12. The second-order valence-electron chi connectivity index (χ2n) is 6.81. The molecule has 0 aromatic carbocycles. The van der Waals surface area contributed by atoms with Gasteiger partial charge in [0.2, 0.25) is 10.0 Å². The van der Waals surface area contributed by atoms with Crippen molar-refractivity contribution in [1.82, 2.24) is 4.31 Å². The Hall–Kier alpha value is -0.170. The Kier molecular flexibility index (Phi) is 4.60. The average Bonchev–Trinajstić information content (AvgIpc) is 3.30. The molecular formula is C15H27NO4S. The molecule has 3 aliphatic rings. The maximum absolute atomic E-state index is 12.2. The number of hydrogen-bond donors (Lipinski definition) is 0. The van der Waals surface area contributed by atoms with E-state index in [-0.39, 0.29) is 17.3 Å². The zero-order chi connectivity index (χ0) is 14.9. The molecule has 0 aromatic rings. The molecule has 0 radical (unpaired) electrons. The van der Waals surface area contributed by atoms with E-state index in [0.717, 1.165) is 38.4 Å². The topological polar surface area (TPSA) is 55.8 Å². The highest BCUT2D eigenvalue weighted by molar-refractivity contribution is 7.89. The maximum atomic E-state index is 12.2. The van der Waals surface area contributed by atoms with Crippen LogP contribution in [-0.4, -0.2) is 57.5 Å². The van der Waals surface area contributed by atoms with E-state index in [9.17, 15) is 8.42 Å². The molecule has 0 N–H and O–H groups in total. The summed E-state index contributed by atoms with van der Waals surface area (Å²) in [4.78, 5) is 0. The van der Waals surface area contributed by atoms with E-state index >= 15 is 0 Å². The summed E-state index contributed by atoms with van der Waals surface area (Å²) in [5.74, 6) is 0.917. The highest BCUT2D eigenvalue weighted by Crippen LogP contribution is 2.41. The molecule has 0 amide bonds. The predicted molar refractivity (Wildman–Crippen MR) is 80.6 cm³/mol. The van der Waals surface area contributed by atoms with Gasteiger partial charge < -0.3 is 9.47 Å². The Morgan fingerprint density at radius 3 is 2.86 bits per heavy atom. The lowest BCUT2D eigenvalue weighted by atomic mass is 9.73. The summed E-state index contributed by atoms with van der Waals surface area (Å²) in [5.41, 5.74) is -0.131. The molecule has 21 heavy (non-hydrogen) atoms. The Morgan fingerprint density at radius 1 is 1.33 bits per heavy atom. The third-order valence-corrected chi connectivity index (χ3v) is 6.98. The molecule has 2 saturated heterocycles. The van der Waals surface area contributed by atoms with Gasteiger partial charge in [-0.2, -0.15) is 0 Å². The molecule has 2 heterocycles. The SMILES string of the molecule is CCS(=O)(=O)N1CC[C@H]2OCCC[C@@]2(COCC2CC2)C1. The van der Waals surface area contributed by atoms with Crippen LogP contribution >= 0.6 is 0 Å². The van der Waals surface area contributed by atoms with Gasteiger partial charge in [-0.3, -0.25) is 0 Å². The predicted octanol–water partition coefficient (Wildman–Crippen LogP) is 1.63. The number of hydrogen-bond acceptors (Lipinski definition) is 4. The van der Waals surface area contributed by atoms with Crippen LogP contribution in [0, 0.1) is 11.3 Å². The average molecular weight is 317 g/mol. The lowest BCUT2D eigenvalue weighted by Gasteiger charge is -2.49. The smallest absolute Gasteiger partial charge is 0.213 e. The van der Waals surface area contributed by atoms with Crippen molar-refractivity contribution < 1.29 is 17.9 Å². The lowest BCUT2D eigenvalue weighted by molar-refractivity contribution is -0.143. The molecule has 1 saturated carbocycles. The van der Waals surface area contributed by atoms with Gasteiger partial charge in [0.15, 0.2) is 0 Å². The van der Waals surface area contributed by atoms with Crippen LogP contribution in [0.4, 0.5) is 0 Å². The zero-order valence-electron chi connectivity index (χ0n) is 12.9. The van der Waals surface area contributed by atoms with Crippen LogP contribution in [0.2, 0.25) is 0 Å². The highest BCUT2D eigenvalue weighted by Gasteiger charge is 2.48. The molecular weight excluding hydrogens is 290 g/mol. The monoisotopic (exact) mass is 317 g/mol. The summed E-state index contributed by atoms with van der Waals surface area (Å²) in [6.45, 7) is 5.15. The first-order chi connectivity index (χ1) is 10.1. The standard InChI is InChI=1S/C15H27NO4S/c1-2-21(17,18)16-8-6-14-15(11-16,7-3-9-20-14)12-19-10-13-4-5-13/h13-14H,2-12H2,1H3/t14-,15+/m1/s1. The molecule has 122 valence electrons. The van der Waals surface area contributed by atoms with E-state index in [1.165, 1.54) is 12.8 Å². The summed E-state index contributed by atoms with van der Waals surface area (Å²) < 4.78 is 38.0. The molecule has 2 atom stereocenters. The number of nitrogens with zero attached hydrogens (tertiary/aromatic N) is 1. The van der Waals surface area contributed by atoms with Gasteiger partial charge in [-0.05, 0) is 44.9 Å². The maximum Gasteiger partial charge on any atom is 0.213 e. The van der Waals surface area contributed by atoms with Crippen LogP contribution in [0.5, 0.6) is 0 Å². The summed E-state index contributed by atoms with van der Waals surface area (Å²) in [6.07, 6.45) is 5.54. The molecule has 3 rings (SSSR count). The quantitative estimate of drug-likeness (QED) is 0.747. The van der Waals surface area contributed by atoms with Gasteiger partial charge in [0.05, 0.1) is 18.5 Å². The van der Waals surface area contributed by atoms with Crippen LogP contribution < -0.4 is 0 Å². The van der Waals surface area contributed by atoms with E-state index < -0.39 is 10.0 Å². The molecule has 0 unspecified atom stereocenters. The van der Waals surface area contributed by atoms with Gasteiger partial charge in [-0.15, -0.1) is 0 Å². The molecule has 0 aromatic heterocycles. The molecule has 5 nitrogen and oxygen atoms in total. The van der Waals surface area contributed by atoms with E-state index in [1.807, 2.05) is 0 Å². The second kappa shape index (κ2) is 6.14. The van der Waals surface area contributed by atoms with E-state index in [4.69, 9.17) is 9.47 Å². The zero-order valence-corrected chi connectivity index (χ0v) is 13.7. The Morgan fingerprint density at radius 2 is 2.14 bits per heavy atom. The van der Waals surface area contributed by atoms with Crippen molar-refractivity contribution in [2.24, 2.45) is 11.3 Å². The largest absolute Gasteiger partial charge is 0.380 e. The van der Waals surface area contributed by atoms with E-state index in [0.29, 0.717) is 19.7 Å². The van der Waals surface area contributed by atoms with Crippen LogP contribution in [0.25, 0.3) is 0 Å². The fourth-order valence-corrected chi connectivity index (χ4v) is 4.80. The van der Waals surface area contributed by atoms with Gasteiger partial charge in [0, 0.05) is 31.7 Å². The van der Waals surface area contributed by atoms with Crippen LogP contribution in [0.3, 0.4) is 0 Å². The Labute approximate surface area is 128 Å². The number of rotatable bonds is 6. The third kappa shape index (κ3) is 3.44. The van der Waals surface area contributed by atoms with Gasteiger partial charge in [0.25, 0.3) is 0 Å². The summed E-state index contributed by atoms with van der Waals surface area (Å²) in [7, 11) is -3.12. The normalized spacial score (nSPS) is 34.6. The first-order valence-corrected chi connectivity index (χ1v) is 9.84. The van der Waals surface area contributed by atoms with Crippen LogP contribution in [0.1, 0.15) is 39.0 Å². The van der Waals surface area contributed by atoms with Crippen LogP contribution in [-0.2, 0) is 19.5 Å². The minimum Gasteiger partial charge on any atom is -0.380 e.